The number of aromatic hydroxyl groups is 1. The van der Waals surface area contributed by atoms with Crippen LogP contribution in [0.5, 0.6) is 5.75 Å². The van der Waals surface area contributed by atoms with Gasteiger partial charge in [-0.3, -0.25) is 0 Å². The Morgan fingerprint density at radius 1 is 1.06 bits per heavy atom. The van der Waals surface area contributed by atoms with Gasteiger partial charge in [0.1, 0.15) is 5.75 Å². The number of nitrogen functional groups attached to an aromatic ring is 2. The molecule has 2 aromatic carbocycles. The van der Waals surface area contributed by atoms with E-state index in [1.807, 2.05) is 25.1 Å². The molecule has 5 N–H and O–H groups in total. The van der Waals surface area contributed by atoms with Gasteiger partial charge in [0.25, 0.3) is 0 Å². The lowest BCUT2D eigenvalue weighted by Gasteiger charge is -2.09. The first-order chi connectivity index (χ1) is 8.06. The highest BCUT2D eigenvalue weighted by Crippen LogP contribution is 2.35. The van der Waals surface area contributed by atoms with Crippen molar-refractivity contribution in [2.24, 2.45) is 0 Å². The van der Waals surface area contributed by atoms with E-state index in [4.69, 9.17) is 11.5 Å². The fourth-order valence-corrected chi connectivity index (χ4v) is 2.43. The normalized spacial score (nSPS) is 10.4. The van der Waals surface area contributed by atoms with Crippen molar-refractivity contribution in [1.29, 1.82) is 0 Å². The van der Waals surface area contributed by atoms with Gasteiger partial charge < -0.3 is 16.6 Å². The van der Waals surface area contributed by atoms with Gasteiger partial charge in [-0.1, -0.05) is 17.8 Å². The van der Waals surface area contributed by atoms with E-state index in [2.05, 4.69) is 0 Å². The fourth-order valence-electron chi connectivity index (χ4n) is 1.49. The summed E-state index contributed by atoms with van der Waals surface area (Å²) >= 11 is 1.49. The molecule has 88 valence electrons. The molecule has 3 nitrogen and oxygen atoms in total. The second-order valence-electron chi connectivity index (χ2n) is 3.85. The van der Waals surface area contributed by atoms with E-state index in [0.717, 1.165) is 21.0 Å². The smallest absolute Gasteiger partial charge is 0.116 e. The molecule has 2 rings (SSSR count). The Balaban J connectivity index is 2.33. The standard InChI is InChI=1S/C13H14N2OS/c1-8-5-12(15)13(7-11(8)14)17-10-4-2-3-9(16)6-10/h2-7,16H,14-15H2,1H3. The number of benzene rings is 2. The molecule has 0 radical (unpaired) electrons. The Labute approximate surface area is 104 Å². The minimum absolute atomic E-state index is 0.244. The summed E-state index contributed by atoms with van der Waals surface area (Å²) in [6.07, 6.45) is 0. The maximum absolute atomic E-state index is 9.39. The van der Waals surface area contributed by atoms with Gasteiger partial charge in [0.2, 0.25) is 0 Å². The van der Waals surface area contributed by atoms with E-state index < -0.39 is 0 Å². The predicted molar refractivity (Wildman–Crippen MR) is 72.2 cm³/mol. The molecule has 0 aliphatic carbocycles. The molecule has 0 aromatic heterocycles. The predicted octanol–water partition coefficient (Wildman–Crippen LogP) is 3.02. The SMILES string of the molecule is Cc1cc(N)c(Sc2cccc(O)c2)cc1N. The van der Waals surface area contributed by atoms with Gasteiger partial charge in [0.05, 0.1) is 0 Å². The quantitative estimate of drug-likeness (QED) is 0.712. The minimum atomic E-state index is 0.244. The average molecular weight is 246 g/mol. The Morgan fingerprint density at radius 3 is 2.53 bits per heavy atom. The minimum Gasteiger partial charge on any atom is -0.508 e. The van der Waals surface area contributed by atoms with Crippen molar-refractivity contribution in [3.8, 4) is 5.75 Å². The summed E-state index contributed by atoms with van der Waals surface area (Å²) < 4.78 is 0. The van der Waals surface area contributed by atoms with E-state index in [-0.39, 0.29) is 5.75 Å². The summed E-state index contributed by atoms with van der Waals surface area (Å²) in [6.45, 7) is 1.93. The number of phenols is 1. The van der Waals surface area contributed by atoms with Crippen molar-refractivity contribution < 1.29 is 5.11 Å². The molecular formula is C13H14N2OS. The highest BCUT2D eigenvalue weighted by Gasteiger charge is 2.05. The monoisotopic (exact) mass is 246 g/mol. The third-order valence-corrected chi connectivity index (χ3v) is 3.51. The van der Waals surface area contributed by atoms with E-state index >= 15 is 0 Å². The van der Waals surface area contributed by atoms with Crippen LogP contribution in [-0.4, -0.2) is 5.11 Å². The largest absolute Gasteiger partial charge is 0.508 e. The molecular weight excluding hydrogens is 232 g/mol. The summed E-state index contributed by atoms with van der Waals surface area (Å²) in [5, 5.41) is 9.39. The molecule has 0 saturated heterocycles. The van der Waals surface area contributed by atoms with Crippen LogP contribution in [0, 0.1) is 6.92 Å². The third kappa shape index (κ3) is 2.65. The Kier molecular flexibility index (Phi) is 3.15. The molecule has 4 heteroatoms. The first kappa shape index (κ1) is 11.7. The number of hydrogen-bond acceptors (Lipinski definition) is 4. The van der Waals surface area contributed by atoms with Gasteiger partial charge >= 0.3 is 0 Å². The summed E-state index contributed by atoms with van der Waals surface area (Å²) in [6, 6.07) is 10.8. The molecule has 0 aliphatic heterocycles. The summed E-state index contributed by atoms with van der Waals surface area (Å²) in [5.41, 5.74) is 14.2. The zero-order valence-electron chi connectivity index (χ0n) is 9.47. The lowest BCUT2D eigenvalue weighted by molar-refractivity contribution is 0.474. The first-order valence-electron chi connectivity index (χ1n) is 5.19. The summed E-state index contributed by atoms with van der Waals surface area (Å²) in [7, 11) is 0. The van der Waals surface area contributed by atoms with Gasteiger partial charge in [0.15, 0.2) is 0 Å². The van der Waals surface area contributed by atoms with Crippen LogP contribution in [0.15, 0.2) is 46.2 Å². The molecule has 0 bridgehead atoms. The molecule has 0 saturated carbocycles. The van der Waals surface area contributed by atoms with Crippen LogP contribution < -0.4 is 11.5 Å². The Hall–Kier alpha value is -1.81. The first-order valence-corrected chi connectivity index (χ1v) is 6.00. The van der Waals surface area contributed by atoms with E-state index in [1.54, 1.807) is 18.2 Å². The Bertz CT molecular complexity index is 555. The number of nitrogens with two attached hydrogens (primary N) is 2. The topological polar surface area (TPSA) is 72.3 Å². The van der Waals surface area contributed by atoms with E-state index in [0.29, 0.717) is 5.69 Å². The number of anilines is 2. The lowest BCUT2D eigenvalue weighted by atomic mass is 10.2. The van der Waals surface area contributed by atoms with Crippen LogP contribution in [0.1, 0.15) is 5.56 Å². The average Bonchev–Trinajstić information content (AvgIpc) is 2.26. The highest BCUT2D eigenvalue weighted by molar-refractivity contribution is 7.99. The zero-order valence-corrected chi connectivity index (χ0v) is 10.3. The van der Waals surface area contributed by atoms with Crippen molar-refractivity contribution in [2.45, 2.75) is 16.7 Å². The van der Waals surface area contributed by atoms with Gasteiger partial charge in [0, 0.05) is 21.2 Å². The molecule has 17 heavy (non-hydrogen) atoms. The highest BCUT2D eigenvalue weighted by atomic mass is 32.2. The van der Waals surface area contributed by atoms with Gasteiger partial charge in [-0.2, -0.15) is 0 Å². The maximum atomic E-state index is 9.39. The number of hydrogen-bond donors (Lipinski definition) is 3. The molecule has 0 heterocycles. The molecule has 2 aromatic rings. The second kappa shape index (κ2) is 4.59. The van der Waals surface area contributed by atoms with Crippen LogP contribution in [0.25, 0.3) is 0 Å². The molecule has 0 aliphatic rings. The number of aryl methyl sites for hydroxylation is 1. The molecule has 0 unspecified atom stereocenters. The maximum Gasteiger partial charge on any atom is 0.116 e. The van der Waals surface area contributed by atoms with Gasteiger partial charge in [-0.25, -0.2) is 0 Å². The second-order valence-corrected chi connectivity index (χ2v) is 4.96. The fraction of sp³-hybridized carbons (Fsp3) is 0.0769. The van der Waals surface area contributed by atoms with Crippen LogP contribution in [0.2, 0.25) is 0 Å². The van der Waals surface area contributed by atoms with Crippen LogP contribution in [0.3, 0.4) is 0 Å². The lowest BCUT2D eigenvalue weighted by Crippen LogP contribution is -1.95. The molecule has 0 fully saturated rings. The van der Waals surface area contributed by atoms with E-state index in [1.165, 1.54) is 11.8 Å². The number of rotatable bonds is 2. The number of phenolic OH excluding ortho intramolecular Hbond substituents is 1. The van der Waals surface area contributed by atoms with Crippen molar-refractivity contribution in [3.63, 3.8) is 0 Å². The molecule has 0 atom stereocenters. The van der Waals surface area contributed by atoms with Crippen molar-refractivity contribution in [2.75, 3.05) is 11.5 Å². The van der Waals surface area contributed by atoms with Crippen LogP contribution in [0.4, 0.5) is 11.4 Å². The van der Waals surface area contributed by atoms with Gasteiger partial charge in [-0.15, -0.1) is 0 Å². The summed E-state index contributed by atoms with van der Waals surface area (Å²) in [5.74, 6) is 0.244. The molecule has 0 spiro atoms. The van der Waals surface area contributed by atoms with Gasteiger partial charge in [-0.05, 0) is 42.8 Å². The Morgan fingerprint density at radius 2 is 1.82 bits per heavy atom. The van der Waals surface area contributed by atoms with Crippen molar-refractivity contribution >= 4 is 23.1 Å². The third-order valence-electron chi connectivity index (χ3n) is 2.44. The van der Waals surface area contributed by atoms with Crippen LogP contribution >= 0.6 is 11.8 Å². The van der Waals surface area contributed by atoms with Crippen molar-refractivity contribution in [1.82, 2.24) is 0 Å². The molecule has 0 amide bonds. The van der Waals surface area contributed by atoms with Crippen molar-refractivity contribution in [3.05, 3.63) is 42.0 Å². The zero-order chi connectivity index (χ0) is 12.4. The summed E-state index contributed by atoms with van der Waals surface area (Å²) in [4.78, 5) is 1.83. The van der Waals surface area contributed by atoms with E-state index in [9.17, 15) is 5.11 Å². The van der Waals surface area contributed by atoms with Crippen LogP contribution in [-0.2, 0) is 0 Å².